The monoisotopic (exact) mass is 1040 g/mol. The molecule has 6 aromatic rings. The fourth-order valence-electron chi connectivity index (χ4n) is 8.50. The zero-order valence-corrected chi connectivity index (χ0v) is 43.2. The van der Waals surface area contributed by atoms with E-state index < -0.39 is 14.0 Å². The van der Waals surface area contributed by atoms with Gasteiger partial charge in [-0.15, -0.1) is 12.4 Å². The van der Waals surface area contributed by atoms with Crippen LogP contribution in [0, 0.1) is 11.6 Å². The third-order valence-corrected chi connectivity index (χ3v) is 13.8. The van der Waals surface area contributed by atoms with Gasteiger partial charge in [0.2, 0.25) is 0 Å². The molecule has 0 saturated carbocycles. The molecule has 0 fully saturated rings. The number of aromatic nitrogens is 4. The molecule has 0 unspecified atom stereocenters. The molecule has 2 aromatic carbocycles. The highest BCUT2D eigenvalue weighted by Crippen LogP contribution is 2.33. The molecular formula is C53H71ClF2N6O9Si. The normalized spacial score (nSPS) is 13.4. The first-order valence-corrected chi connectivity index (χ1v) is 27.9. The highest BCUT2D eigenvalue weighted by molar-refractivity contribution is 6.76. The van der Waals surface area contributed by atoms with Crippen LogP contribution in [0.25, 0.3) is 21.8 Å². The number of fused-ring (bicyclic) bond motifs is 6. The number of carbonyl (C=O) groups excluding carboxylic acids is 2. The number of nitrogens with zero attached hydrogens (tertiary/aromatic N) is 6. The van der Waals surface area contributed by atoms with Gasteiger partial charge in [-0.25, -0.2) is 33.7 Å². The van der Waals surface area contributed by atoms with Crippen LogP contribution in [0.4, 0.5) is 8.78 Å². The van der Waals surface area contributed by atoms with Gasteiger partial charge in [-0.3, -0.25) is 14.8 Å². The third-order valence-electron chi connectivity index (χ3n) is 12.1. The van der Waals surface area contributed by atoms with Crippen molar-refractivity contribution >= 4 is 54.1 Å². The second kappa shape index (κ2) is 27.8. The van der Waals surface area contributed by atoms with Gasteiger partial charge in [-0.2, -0.15) is 0 Å². The summed E-state index contributed by atoms with van der Waals surface area (Å²) in [5.74, 6) is -1.29. The van der Waals surface area contributed by atoms with Gasteiger partial charge < -0.3 is 32.8 Å². The van der Waals surface area contributed by atoms with Crippen molar-refractivity contribution in [1.82, 2.24) is 29.2 Å². The first-order chi connectivity index (χ1) is 33.8. The number of benzene rings is 2. The van der Waals surface area contributed by atoms with Gasteiger partial charge in [0.15, 0.2) is 6.79 Å². The minimum absolute atomic E-state index is 0. The molecule has 6 heterocycles. The maximum absolute atomic E-state index is 13.5. The molecule has 0 bridgehead atoms. The standard InChI is InChI=1S/C29H40FN3O5Si.C23H26FN3O4.CH4.ClH/c1-5-35-13-6-14-36-20-23-19-32(18-22-7-9-24(30)10-8-22)26-17-31-28-25(27(23)26)11-12-33(29(28)34)38-21-37-15-16-39(2,3)4;1-2-30-10-3-11-31-15-17-14-26(13-16-4-6-18(24)7-5-16)20-12-25-22-19(21(17)20)8-9-27(29)23(22)28;;/h7-10,17,19H,5-6,11-16,18,20-21H2,1-4H3;4-7,12,14,29H,2-3,8-11,13,15H2,1H3;1H4;1H. The number of halogens is 3. The Bertz CT molecular complexity index is 2680. The lowest BCUT2D eigenvalue weighted by Crippen LogP contribution is -2.39. The molecule has 392 valence electrons. The van der Waals surface area contributed by atoms with Crippen LogP contribution < -0.4 is 0 Å². The van der Waals surface area contributed by atoms with Crippen LogP contribution in [0.3, 0.4) is 0 Å². The molecule has 15 nitrogen and oxygen atoms in total. The number of hydrogen-bond acceptors (Lipinski definition) is 11. The number of rotatable bonds is 24. The molecule has 8 rings (SSSR count). The van der Waals surface area contributed by atoms with Gasteiger partial charge in [0, 0.05) is 102 Å². The lowest BCUT2D eigenvalue weighted by molar-refractivity contribution is -0.195. The number of hydrogen-bond donors (Lipinski definition) is 1. The van der Waals surface area contributed by atoms with Gasteiger partial charge >= 0.3 is 0 Å². The van der Waals surface area contributed by atoms with E-state index in [1.54, 1.807) is 36.7 Å². The number of hydroxylamine groups is 4. The first kappa shape index (κ1) is 57.7. The van der Waals surface area contributed by atoms with Crippen molar-refractivity contribution in [2.24, 2.45) is 0 Å². The number of amides is 2. The average Bonchev–Trinajstić information content (AvgIpc) is 3.88. The van der Waals surface area contributed by atoms with E-state index in [2.05, 4.69) is 40.4 Å². The minimum atomic E-state index is -1.19. The molecule has 0 aliphatic carbocycles. The van der Waals surface area contributed by atoms with Crippen molar-refractivity contribution in [2.75, 3.05) is 66.1 Å². The Morgan fingerprint density at radius 3 is 1.57 bits per heavy atom. The van der Waals surface area contributed by atoms with Crippen molar-refractivity contribution < 1.29 is 52.1 Å². The van der Waals surface area contributed by atoms with E-state index in [9.17, 15) is 23.6 Å². The van der Waals surface area contributed by atoms with E-state index >= 15 is 0 Å². The number of pyridine rings is 2. The van der Waals surface area contributed by atoms with Crippen LogP contribution in [-0.2, 0) is 67.7 Å². The van der Waals surface area contributed by atoms with E-state index in [0.29, 0.717) is 103 Å². The highest BCUT2D eigenvalue weighted by atomic mass is 35.5. The molecule has 0 saturated heterocycles. The topological polar surface area (TPSA) is 152 Å². The van der Waals surface area contributed by atoms with E-state index in [1.807, 2.05) is 24.6 Å². The second-order valence-corrected chi connectivity index (χ2v) is 24.1. The van der Waals surface area contributed by atoms with E-state index in [0.717, 1.165) is 74.1 Å². The van der Waals surface area contributed by atoms with Gasteiger partial charge in [0.05, 0.1) is 49.7 Å². The Morgan fingerprint density at radius 2 is 1.10 bits per heavy atom. The summed E-state index contributed by atoms with van der Waals surface area (Å²) in [6.07, 6.45) is 10.2. The summed E-state index contributed by atoms with van der Waals surface area (Å²) < 4.78 is 59.2. The van der Waals surface area contributed by atoms with Crippen LogP contribution in [0.2, 0.25) is 25.7 Å². The molecule has 72 heavy (non-hydrogen) atoms. The Hall–Kier alpha value is -5.15. The van der Waals surface area contributed by atoms with Crippen LogP contribution >= 0.6 is 12.4 Å². The van der Waals surface area contributed by atoms with Crippen molar-refractivity contribution in [3.63, 3.8) is 0 Å². The molecule has 4 aromatic heterocycles. The fourth-order valence-corrected chi connectivity index (χ4v) is 9.26. The largest absolute Gasteiger partial charge is 0.382 e. The summed E-state index contributed by atoms with van der Waals surface area (Å²) in [6.45, 7) is 17.9. The average molecular weight is 1040 g/mol. The van der Waals surface area contributed by atoms with E-state index in [-0.39, 0.29) is 56.4 Å². The van der Waals surface area contributed by atoms with E-state index in [4.69, 9.17) is 28.5 Å². The summed E-state index contributed by atoms with van der Waals surface area (Å²) in [7, 11) is -1.19. The summed E-state index contributed by atoms with van der Waals surface area (Å²) in [6, 6.07) is 13.9. The fraction of sp³-hybridized carbons (Fsp3) is 0.472. The highest BCUT2D eigenvalue weighted by Gasteiger charge is 2.31. The third kappa shape index (κ3) is 15.2. The molecule has 1 N–H and O–H groups in total. The lowest BCUT2D eigenvalue weighted by Gasteiger charge is -2.27. The van der Waals surface area contributed by atoms with Crippen LogP contribution in [0.1, 0.15) is 88.5 Å². The molecular weight excluding hydrogens is 966 g/mol. The number of ether oxygens (including phenoxy) is 5. The summed E-state index contributed by atoms with van der Waals surface area (Å²) >= 11 is 0. The minimum Gasteiger partial charge on any atom is -0.382 e. The molecule has 19 heteroatoms. The maximum Gasteiger partial charge on any atom is 0.296 e. The Morgan fingerprint density at radius 1 is 0.639 bits per heavy atom. The van der Waals surface area contributed by atoms with Crippen molar-refractivity contribution in [3.8, 4) is 0 Å². The molecule has 0 radical (unpaired) electrons. The molecule has 0 spiro atoms. The summed E-state index contributed by atoms with van der Waals surface area (Å²) in [5, 5.41) is 13.8. The van der Waals surface area contributed by atoms with Crippen molar-refractivity contribution in [1.29, 1.82) is 0 Å². The van der Waals surface area contributed by atoms with Gasteiger partial charge in [0.25, 0.3) is 11.8 Å². The molecule has 2 amide bonds. The quantitative estimate of drug-likeness (QED) is 0.0267. The van der Waals surface area contributed by atoms with Crippen LogP contribution in [-0.4, -0.2) is 120 Å². The van der Waals surface area contributed by atoms with Crippen LogP contribution in [0.5, 0.6) is 0 Å². The van der Waals surface area contributed by atoms with Gasteiger partial charge in [-0.1, -0.05) is 51.3 Å². The summed E-state index contributed by atoms with van der Waals surface area (Å²) in [4.78, 5) is 40.3. The molecule has 0 atom stereocenters. The Labute approximate surface area is 428 Å². The number of carbonyl (C=O) groups is 2. The second-order valence-electron chi connectivity index (χ2n) is 18.5. The van der Waals surface area contributed by atoms with Crippen molar-refractivity contribution in [2.45, 2.75) is 98.9 Å². The van der Waals surface area contributed by atoms with Crippen LogP contribution in [0.15, 0.2) is 73.3 Å². The Balaban J connectivity index is 0.000000266. The van der Waals surface area contributed by atoms with E-state index in [1.165, 1.54) is 29.3 Å². The predicted octanol–water partition coefficient (Wildman–Crippen LogP) is 10.0. The smallest absolute Gasteiger partial charge is 0.296 e. The molecule has 2 aliphatic heterocycles. The Kier molecular flexibility index (Phi) is 22.3. The SMILES string of the molecule is C.CCOCCCOCc1cn(Cc2ccc(F)cc2)c2cnc3c(c12)CCN(O)C3=O.CCOCCCOCc1cn(Cc2ccc(F)cc2)c2cnc3c(c12)CCN(OCOCC[Si](C)(C)C)C3=O.Cl. The maximum atomic E-state index is 13.5. The zero-order valence-electron chi connectivity index (χ0n) is 41.4. The first-order valence-electron chi connectivity index (χ1n) is 24.2. The van der Waals surface area contributed by atoms with Gasteiger partial charge in [-0.05, 0) is 92.1 Å². The van der Waals surface area contributed by atoms with Crippen molar-refractivity contribution in [3.05, 3.63) is 130 Å². The summed E-state index contributed by atoms with van der Waals surface area (Å²) in [5.41, 5.74) is 8.11. The van der Waals surface area contributed by atoms with Gasteiger partial charge in [0.1, 0.15) is 23.0 Å². The lowest BCUT2D eigenvalue weighted by atomic mass is 9.99. The predicted molar refractivity (Wildman–Crippen MR) is 277 cm³/mol. The zero-order chi connectivity index (χ0) is 49.6. The molecule has 2 aliphatic rings.